The molecule has 0 radical (unpaired) electrons. The van der Waals surface area contributed by atoms with Gasteiger partial charge in [0.1, 0.15) is 12.2 Å². The number of piperazine rings is 1. The molecule has 0 aliphatic carbocycles. The molecule has 0 unspecified atom stereocenters. The number of amides is 3. The first-order valence-corrected chi connectivity index (χ1v) is 9.09. The van der Waals surface area contributed by atoms with Gasteiger partial charge in [-0.15, -0.1) is 0 Å². The highest BCUT2D eigenvalue weighted by molar-refractivity contribution is 5.78. The van der Waals surface area contributed by atoms with Crippen LogP contribution in [0.15, 0.2) is 30.3 Å². The monoisotopic (exact) mass is 393 g/mol. The van der Waals surface area contributed by atoms with Gasteiger partial charge in [0.15, 0.2) is 6.61 Å². The summed E-state index contributed by atoms with van der Waals surface area (Å²) in [7, 11) is 0. The Labute approximate surface area is 164 Å². The molecule has 0 saturated carbocycles. The molecule has 1 saturated heterocycles. The lowest BCUT2D eigenvalue weighted by Crippen LogP contribution is -2.51. The van der Waals surface area contributed by atoms with E-state index in [4.69, 9.17) is 14.3 Å². The molecule has 3 amide bonds. The minimum atomic E-state index is -0.758. The Morgan fingerprint density at radius 2 is 1.61 bits per heavy atom. The number of carbonyl (C=O) groups excluding carboxylic acids is 3. The second-order valence-electron chi connectivity index (χ2n) is 7.30. The van der Waals surface area contributed by atoms with Crippen LogP contribution in [0.5, 0.6) is 0 Å². The van der Waals surface area contributed by atoms with Gasteiger partial charge in [-0.3, -0.25) is 9.63 Å². The predicted molar refractivity (Wildman–Crippen MR) is 100 cm³/mol. The topological polar surface area (TPSA) is 97.4 Å². The molecule has 0 atom stereocenters. The third-order valence-corrected chi connectivity index (χ3v) is 3.85. The maximum Gasteiger partial charge on any atom is 0.431 e. The van der Waals surface area contributed by atoms with E-state index in [9.17, 15) is 14.4 Å². The van der Waals surface area contributed by atoms with E-state index >= 15 is 0 Å². The molecule has 1 fully saturated rings. The zero-order valence-electron chi connectivity index (χ0n) is 16.5. The summed E-state index contributed by atoms with van der Waals surface area (Å²) in [6.45, 7) is 6.56. The molecule has 1 aromatic rings. The Hall–Kier alpha value is -2.81. The first kappa shape index (κ1) is 21.5. The highest BCUT2D eigenvalue weighted by Gasteiger charge is 2.25. The van der Waals surface area contributed by atoms with Crippen LogP contribution in [-0.4, -0.2) is 66.3 Å². The van der Waals surface area contributed by atoms with E-state index in [-0.39, 0.29) is 19.1 Å². The number of carbonyl (C=O) groups is 3. The van der Waals surface area contributed by atoms with Gasteiger partial charge < -0.3 is 19.3 Å². The van der Waals surface area contributed by atoms with Crippen molar-refractivity contribution in [2.24, 2.45) is 0 Å². The van der Waals surface area contributed by atoms with E-state index in [0.29, 0.717) is 26.2 Å². The molecular weight excluding hydrogens is 366 g/mol. The lowest BCUT2D eigenvalue weighted by atomic mass is 10.2. The van der Waals surface area contributed by atoms with Gasteiger partial charge in [-0.1, -0.05) is 30.3 Å². The van der Waals surface area contributed by atoms with Crippen LogP contribution in [0.3, 0.4) is 0 Å². The number of benzene rings is 1. The summed E-state index contributed by atoms with van der Waals surface area (Å²) in [4.78, 5) is 43.7. The number of hydrogen-bond acceptors (Lipinski definition) is 6. The van der Waals surface area contributed by atoms with Crippen molar-refractivity contribution in [2.75, 3.05) is 32.8 Å². The second-order valence-corrected chi connectivity index (χ2v) is 7.30. The van der Waals surface area contributed by atoms with Crippen molar-refractivity contribution in [3.8, 4) is 0 Å². The molecular formula is C19H27N3O6. The minimum absolute atomic E-state index is 0.211. The van der Waals surface area contributed by atoms with Gasteiger partial charge in [0.05, 0.1) is 0 Å². The zero-order valence-corrected chi connectivity index (χ0v) is 16.5. The fraction of sp³-hybridized carbons (Fsp3) is 0.526. The number of rotatable bonds is 5. The van der Waals surface area contributed by atoms with Crippen molar-refractivity contribution in [1.82, 2.24) is 15.3 Å². The van der Waals surface area contributed by atoms with Gasteiger partial charge >= 0.3 is 12.2 Å². The predicted octanol–water partition coefficient (Wildman–Crippen LogP) is 1.92. The number of ether oxygens (including phenoxy) is 2. The summed E-state index contributed by atoms with van der Waals surface area (Å²) in [5.41, 5.74) is 2.34. The molecule has 1 aliphatic rings. The van der Waals surface area contributed by atoms with Crippen molar-refractivity contribution in [3.05, 3.63) is 35.9 Å². The minimum Gasteiger partial charge on any atom is -0.445 e. The van der Waals surface area contributed by atoms with Crippen molar-refractivity contribution < 1.29 is 28.7 Å². The van der Waals surface area contributed by atoms with Gasteiger partial charge in [-0.2, -0.15) is 5.48 Å². The maximum absolute atomic E-state index is 12.1. The Kier molecular flexibility index (Phi) is 7.62. The molecule has 0 aromatic heterocycles. The van der Waals surface area contributed by atoms with Gasteiger partial charge in [0.2, 0.25) is 0 Å². The number of nitrogens with one attached hydrogen (secondary N) is 1. The first-order valence-electron chi connectivity index (χ1n) is 9.09. The van der Waals surface area contributed by atoms with Gasteiger partial charge in [0.25, 0.3) is 5.91 Å². The van der Waals surface area contributed by atoms with E-state index in [2.05, 4.69) is 5.48 Å². The molecule has 2 rings (SSSR count). The van der Waals surface area contributed by atoms with Crippen molar-refractivity contribution in [2.45, 2.75) is 33.0 Å². The van der Waals surface area contributed by atoms with Crippen molar-refractivity contribution in [1.29, 1.82) is 0 Å². The summed E-state index contributed by atoms with van der Waals surface area (Å²) in [6, 6.07) is 9.43. The number of hydroxylamine groups is 1. The van der Waals surface area contributed by atoms with Crippen LogP contribution in [0.25, 0.3) is 0 Å². The SMILES string of the molecule is CC(C)(C)OC(=O)NOCC(=O)N1CCN(C(=O)OCc2ccccc2)CC1. The third kappa shape index (κ3) is 7.43. The molecule has 1 aliphatic heterocycles. The van der Waals surface area contributed by atoms with E-state index in [1.807, 2.05) is 30.3 Å². The summed E-state index contributed by atoms with van der Waals surface area (Å²) in [6.07, 6.45) is -1.16. The van der Waals surface area contributed by atoms with Gasteiger partial charge in [-0.25, -0.2) is 9.59 Å². The Morgan fingerprint density at radius 1 is 1.00 bits per heavy atom. The van der Waals surface area contributed by atoms with Crippen LogP contribution < -0.4 is 5.48 Å². The smallest absolute Gasteiger partial charge is 0.431 e. The van der Waals surface area contributed by atoms with Crippen LogP contribution in [0.2, 0.25) is 0 Å². The first-order chi connectivity index (χ1) is 13.2. The normalized spacial score (nSPS) is 14.4. The Balaban J connectivity index is 1.64. The van der Waals surface area contributed by atoms with Crippen molar-refractivity contribution in [3.63, 3.8) is 0 Å². The largest absolute Gasteiger partial charge is 0.445 e. The summed E-state index contributed by atoms with van der Waals surface area (Å²) >= 11 is 0. The lowest BCUT2D eigenvalue weighted by molar-refractivity contribution is -0.140. The molecule has 1 N–H and O–H groups in total. The fourth-order valence-electron chi connectivity index (χ4n) is 2.50. The molecule has 28 heavy (non-hydrogen) atoms. The number of nitrogens with zero attached hydrogens (tertiary/aromatic N) is 2. The Bertz CT molecular complexity index is 666. The van der Waals surface area contributed by atoms with E-state index in [0.717, 1.165) is 5.56 Å². The fourth-order valence-corrected chi connectivity index (χ4v) is 2.50. The highest BCUT2D eigenvalue weighted by atomic mass is 16.7. The second kappa shape index (κ2) is 9.93. The van der Waals surface area contributed by atoms with Crippen LogP contribution in [0, 0.1) is 0 Å². The average Bonchev–Trinajstić information content (AvgIpc) is 2.65. The quantitative estimate of drug-likeness (QED) is 0.768. The standard InChI is InChI=1S/C19H27N3O6/c1-19(2,3)28-17(24)20-27-14-16(23)21-9-11-22(12-10-21)18(25)26-13-15-7-5-4-6-8-15/h4-8H,9-14H2,1-3H3,(H,20,24). The third-order valence-electron chi connectivity index (χ3n) is 3.85. The molecule has 0 bridgehead atoms. The van der Waals surface area contributed by atoms with Gasteiger partial charge in [0, 0.05) is 26.2 Å². The molecule has 1 aromatic carbocycles. The molecule has 9 heteroatoms. The lowest BCUT2D eigenvalue weighted by Gasteiger charge is -2.34. The summed E-state index contributed by atoms with van der Waals surface area (Å²) in [5, 5.41) is 0. The average molecular weight is 393 g/mol. The van der Waals surface area contributed by atoms with E-state index < -0.39 is 17.8 Å². The van der Waals surface area contributed by atoms with Crippen LogP contribution in [0.4, 0.5) is 9.59 Å². The molecule has 154 valence electrons. The Morgan fingerprint density at radius 3 is 2.21 bits per heavy atom. The van der Waals surface area contributed by atoms with E-state index in [1.165, 1.54) is 0 Å². The highest BCUT2D eigenvalue weighted by Crippen LogP contribution is 2.08. The maximum atomic E-state index is 12.1. The van der Waals surface area contributed by atoms with Crippen LogP contribution in [-0.2, 0) is 25.7 Å². The molecule has 1 heterocycles. The van der Waals surface area contributed by atoms with Crippen LogP contribution >= 0.6 is 0 Å². The summed E-state index contributed by atoms with van der Waals surface area (Å²) < 4.78 is 10.3. The zero-order chi connectivity index (χ0) is 20.6. The van der Waals surface area contributed by atoms with Crippen LogP contribution in [0.1, 0.15) is 26.3 Å². The number of hydrogen-bond donors (Lipinski definition) is 1. The van der Waals surface area contributed by atoms with Gasteiger partial charge in [-0.05, 0) is 26.3 Å². The molecule has 9 nitrogen and oxygen atoms in total. The summed E-state index contributed by atoms with van der Waals surface area (Å²) in [5.74, 6) is -0.284. The molecule has 0 spiro atoms. The van der Waals surface area contributed by atoms with Crippen molar-refractivity contribution >= 4 is 18.1 Å². The van der Waals surface area contributed by atoms with E-state index in [1.54, 1.807) is 30.6 Å².